The molecule has 0 aliphatic rings. The van der Waals surface area contributed by atoms with E-state index in [2.05, 4.69) is 10.4 Å². The Hall–Kier alpha value is -4.40. The second-order valence-corrected chi connectivity index (χ2v) is 7.09. The molecule has 0 saturated heterocycles. The maximum atomic E-state index is 13.7. The number of nitrogens with one attached hydrogen (secondary N) is 1. The Labute approximate surface area is 186 Å². The number of nitrogens with zero attached hydrogens (tertiary/aromatic N) is 2. The van der Waals surface area contributed by atoms with E-state index < -0.39 is 30.1 Å². The fraction of sp³-hybridized carbons (Fsp3) is 0.0833. The highest BCUT2D eigenvalue weighted by Crippen LogP contribution is 2.17. The number of amides is 1. The van der Waals surface area contributed by atoms with Crippen LogP contribution in [-0.4, -0.2) is 28.3 Å². The summed E-state index contributed by atoms with van der Waals surface area (Å²) in [5, 5.41) is 6.85. The van der Waals surface area contributed by atoms with Gasteiger partial charge in [0, 0.05) is 11.5 Å². The zero-order chi connectivity index (χ0) is 23.4. The molecule has 4 rings (SSSR count). The lowest BCUT2D eigenvalue weighted by molar-refractivity contribution is -0.119. The highest BCUT2D eigenvalue weighted by molar-refractivity contribution is 6.03. The molecule has 0 radical (unpaired) electrons. The molecule has 4 aromatic rings. The van der Waals surface area contributed by atoms with Crippen LogP contribution in [0.4, 0.5) is 14.5 Å². The summed E-state index contributed by atoms with van der Waals surface area (Å²) in [6, 6.07) is 18.1. The van der Waals surface area contributed by atoms with Crippen LogP contribution in [0.1, 0.15) is 16.1 Å². The Kier molecular flexibility index (Phi) is 6.21. The maximum Gasteiger partial charge on any atom is 0.359 e. The number of halogens is 2. The summed E-state index contributed by atoms with van der Waals surface area (Å²) in [5.41, 5.74) is -0.106. The summed E-state index contributed by atoms with van der Waals surface area (Å²) in [4.78, 5) is 37.7. The van der Waals surface area contributed by atoms with Crippen molar-refractivity contribution in [1.29, 1.82) is 0 Å². The largest absolute Gasteiger partial charge is 0.451 e. The standard InChI is InChI=1S/C24H17F2N3O4/c25-16-10-11-19(26)20(12-16)27-21(30)14-33-24(32)22-17-8-4-5-9-18(17)23(31)29(28-22)13-15-6-2-1-3-7-15/h1-12H,13-14H2,(H,27,30). The number of benzene rings is 3. The minimum Gasteiger partial charge on any atom is -0.451 e. The number of hydrogen-bond acceptors (Lipinski definition) is 5. The number of hydrogen-bond donors (Lipinski definition) is 1. The molecule has 1 N–H and O–H groups in total. The molecule has 166 valence electrons. The summed E-state index contributed by atoms with van der Waals surface area (Å²) < 4.78 is 33.2. The molecule has 0 bridgehead atoms. The number of fused-ring (bicyclic) bond motifs is 1. The van der Waals surface area contributed by atoms with Gasteiger partial charge in [-0.15, -0.1) is 0 Å². The van der Waals surface area contributed by atoms with E-state index in [1.165, 1.54) is 0 Å². The van der Waals surface area contributed by atoms with E-state index >= 15 is 0 Å². The molecule has 0 aliphatic heterocycles. The van der Waals surface area contributed by atoms with Gasteiger partial charge in [0.15, 0.2) is 12.3 Å². The summed E-state index contributed by atoms with van der Waals surface area (Å²) in [6.45, 7) is -0.632. The average Bonchev–Trinajstić information content (AvgIpc) is 2.82. The van der Waals surface area contributed by atoms with Gasteiger partial charge in [0.25, 0.3) is 11.5 Å². The van der Waals surface area contributed by atoms with Gasteiger partial charge in [-0.1, -0.05) is 48.5 Å². The molecule has 1 heterocycles. The smallest absolute Gasteiger partial charge is 0.359 e. The summed E-state index contributed by atoms with van der Waals surface area (Å²) in [6.07, 6.45) is 0. The van der Waals surface area contributed by atoms with Gasteiger partial charge < -0.3 is 10.1 Å². The zero-order valence-corrected chi connectivity index (χ0v) is 17.1. The molecule has 33 heavy (non-hydrogen) atoms. The third kappa shape index (κ3) is 4.93. The van der Waals surface area contributed by atoms with E-state index in [9.17, 15) is 23.2 Å². The molecule has 9 heteroatoms. The highest BCUT2D eigenvalue weighted by atomic mass is 19.1. The topological polar surface area (TPSA) is 90.3 Å². The average molecular weight is 449 g/mol. The first-order valence-corrected chi connectivity index (χ1v) is 9.88. The lowest BCUT2D eigenvalue weighted by atomic mass is 10.1. The number of anilines is 1. The number of ether oxygens (including phenoxy) is 1. The molecule has 0 saturated carbocycles. The summed E-state index contributed by atoms with van der Waals surface area (Å²) in [7, 11) is 0. The van der Waals surface area contributed by atoms with Crippen molar-refractivity contribution in [3.05, 3.63) is 106 Å². The van der Waals surface area contributed by atoms with Crippen molar-refractivity contribution in [2.45, 2.75) is 6.54 Å². The quantitative estimate of drug-likeness (QED) is 0.455. The van der Waals surface area contributed by atoms with Crippen molar-refractivity contribution < 1.29 is 23.1 Å². The lowest BCUT2D eigenvalue weighted by Crippen LogP contribution is -2.28. The molecule has 0 atom stereocenters. The van der Waals surface area contributed by atoms with Crippen LogP contribution in [0, 0.1) is 11.6 Å². The van der Waals surface area contributed by atoms with Crippen LogP contribution in [0.3, 0.4) is 0 Å². The number of esters is 1. The van der Waals surface area contributed by atoms with Crippen LogP contribution in [0.15, 0.2) is 77.6 Å². The van der Waals surface area contributed by atoms with Crippen LogP contribution in [0.2, 0.25) is 0 Å². The van der Waals surface area contributed by atoms with E-state index in [1.54, 1.807) is 24.3 Å². The second kappa shape index (κ2) is 9.39. The van der Waals surface area contributed by atoms with Gasteiger partial charge >= 0.3 is 5.97 Å². The molecule has 7 nitrogen and oxygen atoms in total. The Bertz CT molecular complexity index is 1400. The molecule has 1 amide bonds. The van der Waals surface area contributed by atoms with Gasteiger partial charge in [0.05, 0.1) is 17.6 Å². The van der Waals surface area contributed by atoms with Gasteiger partial charge in [-0.25, -0.2) is 18.3 Å². The minimum atomic E-state index is -0.942. The normalized spacial score (nSPS) is 10.7. The molecule has 0 fully saturated rings. The highest BCUT2D eigenvalue weighted by Gasteiger charge is 2.19. The summed E-state index contributed by atoms with van der Waals surface area (Å²) >= 11 is 0. The number of carbonyl (C=O) groups excluding carboxylic acids is 2. The van der Waals surface area contributed by atoms with Crippen LogP contribution < -0.4 is 10.9 Å². The first-order valence-electron chi connectivity index (χ1n) is 9.88. The molecule has 0 aliphatic carbocycles. The van der Waals surface area contributed by atoms with Crippen LogP contribution >= 0.6 is 0 Å². The minimum absolute atomic E-state index is 0.129. The SMILES string of the molecule is O=C(COC(=O)c1nn(Cc2ccccc2)c(=O)c2ccccc12)Nc1cc(F)ccc1F. The fourth-order valence-corrected chi connectivity index (χ4v) is 3.23. The Balaban J connectivity index is 1.57. The Morgan fingerprint density at radius 3 is 2.39 bits per heavy atom. The predicted molar refractivity (Wildman–Crippen MR) is 117 cm³/mol. The number of carbonyl (C=O) groups is 2. The van der Waals surface area contributed by atoms with Crippen molar-refractivity contribution in [2.24, 2.45) is 0 Å². The van der Waals surface area contributed by atoms with E-state index in [1.807, 2.05) is 30.3 Å². The maximum absolute atomic E-state index is 13.7. The third-order valence-electron chi connectivity index (χ3n) is 4.77. The molecular formula is C24H17F2N3O4. The van der Waals surface area contributed by atoms with Crippen LogP contribution in [0.25, 0.3) is 10.8 Å². The van der Waals surface area contributed by atoms with Gasteiger partial charge in [-0.3, -0.25) is 9.59 Å². The first-order chi connectivity index (χ1) is 15.9. The second-order valence-electron chi connectivity index (χ2n) is 7.09. The molecular weight excluding hydrogens is 432 g/mol. The summed E-state index contributed by atoms with van der Waals surface area (Å²) in [5.74, 6) is -3.38. The van der Waals surface area contributed by atoms with Crippen LogP contribution in [0.5, 0.6) is 0 Å². The van der Waals surface area contributed by atoms with E-state index in [4.69, 9.17) is 4.74 Å². The van der Waals surface area contributed by atoms with Gasteiger partial charge in [-0.05, 0) is 23.8 Å². The lowest BCUT2D eigenvalue weighted by Gasteiger charge is -2.11. The molecule has 0 unspecified atom stereocenters. The van der Waals surface area contributed by atoms with Crippen molar-refractivity contribution in [1.82, 2.24) is 9.78 Å². The first kappa shape index (κ1) is 21.8. The Morgan fingerprint density at radius 1 is 0.939 bits per heavy atom. The van der Waals surface area contributed by atoms with Crippen LogP contribution in [-0.2, 0) is 16.1 Å². The number of rotatable bonds is 6. The van der Waals surface area contributed by atoms with Crippen molar-refractivity contribution in [2.75, 3.05) is 11.9 Å². The monoisotopic (exact) mass is 449 g/mol. The van der Waals surface area contributed by atoms with Crippen molar-refractivity contribution >= 4 is 28.3 Å². The van der Waals surface area contributed by atoms with Crippen molar-refractivity contribution in [3.63, 3.8) is 0 Å². The third-order valence-corrected chi connectivity index (χ3v) is 4.77. The predicted octanol–water partition coefficient (Wildman–Crippen LogP) is 3.52. The Morgan fingerprint density at radius 2 is 1.64 bits per heavy atom. The number of aromatic nitrogens is 2. The fourth-order valence-electron chi connectivity index (χ4n) is 3.23. The van der Waals surface area contributed by atoms with Gasteiger partial charge in [0.1, 0.15) is 11.6 Å². The van der Waals surface area contributed by atoms with E-state index in [0.717, 1.165) is 28.4 Å². The van der Waals surface area contributed by atoms with Gasteiger partial charge in [-0.2, -0.15) is 5.10 Å². The molecule has 0 spiro atoms. The zero-order valence-electron chi connectivity index (χ0n) is 17.1. The van der Waals surface area contributed by atoms with E-state index in [0.29, 0.717) is 0 Å². The van der Waals surface area contributed by atoms with Gasteiger partial charge in [0.2, 0.25) is 0 Å². The van der Waals surface area contributed by atoms with E-state index in [-0.39, 0.29) is 34.3 Å². The molecule has 1 aromatic heterocycles. The molecule has 3 aromatic carbocycles. The van der Waals surface area contributed by atoms with Crippen molar-refractivity contribution in [3.8, 4) is 0 Å².